The van der Waals surface area contributed by atoms with E-state index < -0.39 is 11.8 Å². The Morgan fingerprint density at radius 1 is 1.24 bits per heavy atom. The van der Waals surface area contributed by atoms with E-state index in [4.69, 9.17) is 5.11 Å². The summed E-state index contributed by atoms with van der Waals surface area (Å²) < 4.78 is 0. The summed E-state index contributed by atoms with van der Waals surface area (Å²) in [6, 6.07) is 6.93. The highest BCUT2D eigenvalue weighted by Crippen LogP contribution is 2.13. The van der Waals surface area contributed by atoms with Crippen LogP contribution in [0.25, 0.3) is 0 Å². The van der Waals surface area contributed by atoms with Crippen LogP contribution in [0, 0.1) is 6.92 Å². The van der Waals surface area contributed by atoms with E-state index in [9.17, 15) is 9.59 Å². The zero-order valence-electron chi connectivity index (χ0n) is 10.1. The van der Waals surface area contributed by atoms with Crippen LogP contribution in [0.4, 0.5) is 0 Å². The maximum absolute atomic E-state index is 12.1. The number of aliphatic carboxylic acids is 1. The molecule has 17 heavy (non-hydrogen) atoms. The SMILES string of the molecule is Cc1ccccc1C(=O)C(=CN(C)C)C(=O)O. The fourth-order valence-corrected chi connectivity index (χ4v) is 1.44. The van der Waals surface area contributed by atoms with Crippen molar-refractivity contribution in [3.05, 3.63) is 47.2 Å². The van der Waals surface area contributed by atoms with Gasteiger partial charge in [0.05, 0.1) is 0 Å². The number of nitrogens with zero attached hydrogens (tertiary/aromatic N) is 1. The molecule has 0 spiro atoms. The number of ketones is 1. The molecular weight excluding hydrogens is 218 g/mol. The van der Waals surface area contributed by atoms with Gasteiger partial charge in [-0.15, -0.1) is 0 Å². The van der Waals surface area contributed by atoms with Crippen molar-refractivity contribution in [1.29, 1.82) is 0 Å². The normalized spacial score (nSPS) is 11.1. The summed E-state index contributed by atoms with van der Waals surface area (Å²) in [7, 11) is 3.35. The van der Waals surface area contributed by atoms with Gasteiger partial charge in [0.2, 0.25) is 5.78 Å². The van der Waals surface area contributed by atoms with Crippen molar-refractivity contribution in [3.63, 3.8) is 0 Å². The fourth-order valence-electron chi connectivity index (χ4n) is 1.44. The molecular formula is C13H15NO3. The highest BCUT2D eigenvalue weighted by molar-refractivity contribution is 6.24. The van der Waals surface area contributed by atoms with Crippen molar-refractivity contribution >= 4 is 11.8 Å². The molecule has 0 atom stereocenters. The van der Waals surface area contributed by atoms with Crippen LogP contribution in [-0.4, -0.2) is 35.9 Å². The van der Waals surface area contributed by atoms with Gasteiger partial charge in [0.15, 0.2) is 0 Å². The average molecular weight is 233 g/mol. The molecule has 0 aliphatic rings. The van der Waals surface area contributed by atoms with Gasteiger partial charge < -0.3 is 10.0 Å². The molecule has 0 amide bonds. The van der Waals surface area contributed by atoms with Gasteiger partial charge >= 0.3 is 5.97 Å². The number of Topliss-reactive ketones (excluding diaryl/α,β-unsaturated/α-hetero) is 1. The third kappa shape index (κ3) is 3.17. The fraction of sp³-hybridized carbons (Fsp3) is 0.231. The summed E-state index contributed by atoms with van der Waals surface area (Å²) in [6.45, 7) is 1.78. The van der Waals surface area contributed by atoms with Crippen LogP contribution in [0.1, 0.15) is 15.9 Å². The second-order valence-corrected chi connectivity index (χ2v) is 3.96. The van der Waals surface area contributed by atoms with Crippen LogP contribution in [0.3, 0.4) is 0 Å². The number of carboxylic acids is 1. The largest absolute Gasteiger partial charge is 0.477 e. The van der Waals surface area contributed by atoms with Crippen molar-refractivity contribution < 1.29 is 14.7 Å². The van der Waals surface area contributed by atoms with E-state index in [2.05, 4.69) is 0 Å². The van der Waals surface area contributed by atoms with Crippen LogP contribution < -0.4 is 0 Å². The Kier molecular flexibility index (Phi) is 4.04. The van der Waals surface area contributed by atoms with E-state index in [1.807, 2.05) is 6.07 Å². The Morgan fingerprint density at radius 2 is 1.82 bits per heavy atom. The number of hydrogen-bond acceptors (Lipinski definition) is 3. The number of aryl methyl sites for hydroxylation is 1. The van der Waals surface area contributed by atoms with Gasteiger partial charge in [-0.3, -0.25) is 4.79 Å². The number of rotatable bonds is 4. The first kappa shape index (κ1) is 13.0. The summed E-state index contributed by atoms with van der Waals surface area (Å²) in [5.41, 5.74) is 0.954. The minimum atomic E-state index is -1.22. The van der Waals surface area contributed by atoms with Crippen molar-refractivity contribution in [3.8, 4) is 0 Å². The smallest absolute Gasteiger partial charge is 0.341 e. The number of carbonyl (C=O) groups is 2. The molecule has 0 saturated carbocycles. The van der Waals surface area contributed by atoms with E-state index in [-0.39, 0.29) is 5.57 Å². The lowest BCUT2D eigenvalue weighted by molar-refractivity contribution is -0.132. The minimum Gasteiger partial charge on any atom is -0.477 e. The molecule has 0 saturated heterocycles. The van der Waals surface area contributed by atoms with Gasteiger partial charge in [-0.05, 0) is 12.5 Å². The standard InChI is InChI=1S/C13H15NO3/c1-9-6-4-5-7-10(9)12(15)11(13(16)17)8-14(2)3/h4-8H,1-3H3,(H,16,17). The molecule has 4 heteroatoms. The van der Waals surface area contributed by atoms with Gasteiger partial charge in [0.25, 0.3) is 0 Å². The first-order valence-electron chi connectivity index (χ1n) is 5.15. The van der Waals surface area contributed by atoms with E-state index in [1.54, 1.807) is 44.1 Å². The third-order valence-corrected chi connectivity index (χ3v) is 2.25. The van der Waals surface area contributed by atoms with Crippen LogP contribution in [0.15, 0.2) is 36.0 Å². The summed E-state index contributed by atoms with van der Waals surface area (Å²) in [5.74, 6) is -1.68. The van der Waals surface area contributed by atoms with Gasteiger partial charge in [-0.1, -0.05) is 24.3 Å². The van der Waals surface area contributed by atoms with Crippen molar-refractivity contribution in [2.24, 2.45) is 0 Å². The molecule has 0 aromatic heterocycles. The highest BCUT2D eigenvalue weighted by atomic mass is 16.4. The van der Waals surface area contributed by atoms with Gasteiger partial charge in [0.1, 0.15) is 5.57 Å². The zero-order chi connectivity index (χ0) is 13.0. The average Bonchev–Trinajstić information content (AvgIpc) is 2.25. The Bertz CT molecular complexity index is 475. The highest BCUT2D eigenvalue weighted by Gasteiger charge is 2.20. The monoisotopic (exact) mass is 233 g/mol. The second-order valence-electron chi connectivity index (χ2n) is 3.96. The maximum atomic E-state index is 12.1. The Morgan fingerprint density at radius 3 is 2.29 bits per heavy atom. The Labute approximate surface area is 100 Å². The third-order valence-electron chi connectivity index (χ3n) is 2.25. The molecule has 0 unspecified atom stereocenters. The predicted molar refractivity (Wildman–Crippen MR) is 64.9 cm³/mol. The molecule has 4 nitrogen and oxygen atoms in total. The van der Waals surface area contributed by atoms with Crippen molar-refractivity contribution in [1.82, 2.24) is 4.90 Å². The second kappa shape index (κ2) is 5.30. The van der Waals surface area contributed by atoms with E-state index >= 15 is 0 Å². The molecule has 1 rings (SSSR count). The van der Waals surface area contributed by atoms with Gasteiger partial charge in [-0.25, -0.2) is 4.79 Å². The molecule has 0 bridgehead atoms. The van der Waals surface area contributed by atoms with Crippen LogP contribution in [0.2, 0.25) is 0 Å². The summed E-state index contributed by atoms with van der Waals surface area (Å²) in [6.07, 6.45) is 1.32. The lowest BCUT2D eigenvalue weighted by atomic mass is 10.00. The van der Waals surface area contributed by atoms with Crippen LogP contribution in [0.5, 0.6) is 0 Å². The summed E-state index contributed by atoms with van der Waals surface area (Å²) in [4.78, 5) is 24.7. The topological polar surface area (TPSA) is 57.6 Å². The Balaban J connectivity index is 3.19. The molecule has 0 aliphatic carbocycles. The number of carbonyl (C=O) groups excluding carboxylic acids is 1. The van der Waals surface area contributed by atoms with E-state index in [0.29, 0.717) is 5.56 Å². The molecule has 0 fully saturated rings. The van der Waals surface area contributed by atoms with Crippen molar-refractivity contribution in [2.45, 2.75) is 6.92 Å². The number of benzene rings is 1. The van der Waals surface area contributed by atoms with E-state index in [1.165, 1.54) is 6.20 Å². The number of carboxylic acid groups (broad SMARTS) is 1. The zero-order valence-corrected chi connectivity index (χ0v) is 10.1. The lowest BCUT2D eigenvalue weighted by Gasteiger charge is -2.09. The Hall–Kier alpha value is -2.10. The number of hydrogen-bond donors (Lipinski definition) is 1. The predicted octanol–water partition coefficient (Wildman–Crippen LogP) is 1.71. The first-order chi connectivity index (χ1) is 7.93. The lowest BCUT2D eigenvalue weighted by Crippen LogP contribution is -2.17. The first-order valence-corrected chi connectivity index (χ1v) is 5.15. The van der Waals surface area contributed by atoms with Crippen LogP contribution in [-0.2, 0) is 4.79 Å². The van der Waals surface area contributed by atoms with Gasteiger partial charge in [0, 0.05) is 25.9 Å². The van der Waals surface area contributed by atoms with E-state index in [0.717, 1.165) is 5.56 Å². The van der Waals surface area contributed by atoms with Gasteiger partial charge in [-0.2, -0.15) is 0 Å². The molecule has 0 heterocycles. The molecule has 1 aromatic rings. The van der Waals surface area contributed by atoms with Crippen LogP contribution >= 0.6 is 0 Å². The summed E-state index contributed by atoms with van der Waals surface area (Å²) in [5, 5.41) is 9.03. The minimum absolute atomic E-state index is 0.232. The summed E-state index contributed by atoms with van der Waals surface area (Å²) >= 11 is 0. The molecule has 90 valence electrons. The quantitative estimate of drug-likeness (QED) is 0.372. The molecule has 1 N–H and O–H groups in total. The molecule has 1 aromatic carbocycles. The molecule has 0 aliphatic heterocycles. The molecule has 0 radical (unpaired) electrons. The maximum Gasteiger partial charge on any atom is 0.341 e. The van der Waals surface area contributed by atoms with Crippen molar-refractivity contribution in [2.75, 3.05) is 14.1 Å².